The minimum Gasteiger partial charge on any atom is -0.482 e. The Hall–Kier alpha value is -3.10. The topological polar surface area (TPSA) is 114 Å². The first-order valence-electron chi connectivity index (χ1n) is 9.59. The average Bonchev–Trinajstić information content (AvgIpc) is 2.92. The Morgan fingerprint density at radius 2 is 1.93 bits per heavy atom. The molecule has 2 aliphatic rings. The standard InChI is InChI=1S/C20H25N3O6/c1-13-10-14(29-12-17(25)28-2)6-7-15(13)21-16(24)11-23-18(26)20(22-19(23)27)8-4-3-5-9-20/h6-7,10H,3-5,8-9,11-12H2,1-2H3,(H,21,24)(H,22,27). The maximum Gasteiger partial charge on any atom is 0.343 e. The number of rotatable bonds is 6. The molecule has 1 aromatic carbocycles. The summed E-state index contributed by atoms with van der Waals surface area (Å²) in [5.74, 6) is -0.822. The third kappa shape index (κ3) is 4.49. The lowest BCUT2D eigenvalue weighted by Gasteiger charge is -2.30. The number of amides is 4. The molecule has 0 unspecified atom stereocenters. The van der Waals surface area contributed by atoms with E-state index < -0.39 is 23.4 Å². The second-order valence-electron chi connectivity index (χ2n) is 7.35. The number of hydrogen-bond donors (Lipinski definition) is 2. The molecule has 1 aliphatic heterocycles. The average molecular weight is 403 g/mol. The quantitative estimate of drug-likeness (QED) is 0.552. The van der Waals surface area contributed by atoms with Gasteiger partial charge in [-0.1, -0.05) is 19.3 Å². The Labute approximate surface area is 168 Å². The molecule has 4 amide bonds. The summed E-state index contributed by atoms with van der Waals surface area (Å²) >= 11 is 0. The van der Waals surface area contributed by atoms with Crippen LogP contribution in [-0.2, 0) is 19.1 Å². The van der Waals surface area contributed by atoms with Gasteiger partial charge in [0.2, 0.25) is 5.91 Å². The molecule has 2 fully saturated rings. The van der Waals surface area contributed by atoms with Gasteiger partial charge < -0.3 is 20.1 Å². The zero-order valence-corrected chi connectivity index (χ0v) is 16.6. The lowest BCUT2D eigenvalue weighted by atomic mass is 9.82. The van der Waals surface area contributed by atoms with Gasteiger partial charge in [0.25, 0.3) is 5.91 Å². The summed E-state index contributed by atoms with van der Waals surface area (Å²) in [6.45, 7) is 1.22. The van der Waals surface area contributed by atoms with E-state index in [2.05, 4.69) is 15.4 Å². The number of nitrogens with zero attached hydrogens (tertiary/aromatic N) is 1. The molecule has 1 heterocycles. The van der Waals surface area contributed by atoms with E-state index in [9.17, 15) is 19.2 Å². The normalized spacial score (nSPS) is 17.8. The lowest BCUT2D eigenvalue weighted by Crippen LogP contribution is -2.48. The van der Waals surface area contributed by atoms with Crippen molar-refractivity contribution in [3.8, 4) is 5.75 Å². The summed E-state index contributed by atoms with van der Waals surface area (Å²) in [7, 11) is 1.27. The van der Waals surface area contributed by atoms with Gasteiger partial charge in [-0.15, -0.1) is 0 Å². The maximum absolute atomic E-state index is 12.8. The van der Waals surface area contributed by atoms with Crippen LogP contribution in [0.5, 0.6) is 5.75 Å². The summed E-state index contributed by atoms with van der Waals surface area (Å²) < 4.78 is 9.82. The van der Waals surface area contributed by atoms with Gasteiger partial charge in [-0.25, -0.2) is 9.59 Å². The van der Waals surface area contributed by atoms with Crippen LogP contribution in [0.4, 0.5) is 10.5 Å². The second-order valence-corrected chi connectivity index (χ2v) is 7.35. The van der Waals surface area contributed by atoms with Gasteiger partial charge in [0, 0.05) is 5.69 Å². The molecule has 29 heavy (non-hydrogen) atoms. The van der Waals surface area contributed by atoms with Crippen LogP contribution >= 0.6 is 0 Å². The van der Waals surface area contributed by atoms with E-state index >= 15 is 0 Å². The zero-order valence-electron chi connectivity index (χ0n) is 16.6. The van der Waals surface area contributed by atoms with E-state index in [0.29, 0.717) is 29.8 Å². The Morgan fingerprint density at radius 1 is 1.21 bits per heavy atom. The van der Waals surface area contributed by atoms with Gasteiger partial charge in [0.15, 0.2) is 6.61 Å². The van der Waals surface area contributed by atoms with Crippen molar-refractivity contribution in [3.05, 3.63) is 23.8 Å². The molecule has 156 valence electrons. The molecule has 9 nitrogen and oxygen atoms in total. The highest BCUT2D eigenvalue weighted by atomic mass is 16.6. The van der Waals surface area contributed by atoms with Gasteiger partial charge in [0.05, 0.1) is 7.11 Å². The highest BCUT2D eigenvalue weighted by Gasteiger charge is 2.51. The smallest absolute Gasteiger partial charge is 0.343 e. The van der Waals surface area contributed by atoms with E-state index in [1.165, 1.54) is 7.11 Å². The molecule has 0 atom stereocenters. The SMILES string of the molecule is COC(=O)COc1ccc(NC(=O)CN2C(=O)NC3(CCCCC3)C2=O)c(C)c1. The van der Waals surface area contributed by atoms with Gasteiger partial charge in [-0.2, -0.15) is 0 Å². The minimum atomic E-state index is -0.843. The third-order valence-electron chi connectivity index (χ3n) is 5.31. The molecule has 1 saturated carbocycles. The number of ether oxygens (including phenoxy) is 2. The molecule has 0 aromatic heterocycles. The predicted octanol–water partition coefficient (Wildman–Crippen LogP) is 1.74. The summed E-state index contributed by atoms with van der Waals surface area (Å²) in [4.78, 5) is 49.6. The number of urea groups is 1. The highest BCUT2D eigenvalue weighted by Crippen LogP contribution is 2.33. The van der Waals surface area contributed by atoms with E-state index in [0.717, 1.165) is 24.2 Å². The highest BCUT2D eigenvalue weighted by molar-refractivity contribution is 6.10. The minimum absolute atomic E-state index is 0.213. The largest absolute Gasteiger partial charge is 0.482 e. The molecule has 1 spiro atoms. The first-order valence-corrected chi connectivity index (χ1v) is 9.59. The second kappa shape index (κ2) is 8.50. The van der Waals surface area contributed by atoms with Crippen molar-refractivity contribution in [2.75, 3.05) is 25.6 Å². The van der Waals surface area contributed by atoms with Crippen molar-refractivity contribution in [3.63, 3.8) is 0 Å². The molecular weight excluding hydrogens is 378 g/mol. The van der Waals surface area contributed by atoms with Crippen LogP contribution in [0.15, 0.2) is 18.2 Å². The number of anilines is 1. The van der Waals surface area contributed by atoms with Crippen LogP contribution in [0.3, 0.4) is 0 Å². The molecule has 1 saturated heterocycles. The number of carbonyl (C=O) groups excluding carboxylic acids is 4. The summed E-state index contributed by atoms with van der Waals surface area (Å²) in [5.41, 5.74) is 0.394. The fourth-order valence-electron chi connectivity index (χ4n) is 3.71. The van der Waals surface area contributed by atoms with Gasteiger partial charge in [-0.05, 0) is 43.5 Å². The van der Waals surface area contributed by atoms with Crippen LogP contribution in [-0.4, -0.2) is 54.5 Å². The van der Waals surface area contributed by atoms with Gasteiger partial charge in [0.1, 0.15) is 17.8 Å². The third-order valence-corrected chi connectivity index (χ3v) is 5.31. The number of carbonyl (C=O) groups is 4. The number of benzene rings is 1. The van der Waals surface area contributed by atoms with Crippen molar-refractivity contribution in [2.24, 2.45) is 0 Å². The monoisotopic (exact) mass is 403 g/mol. The van der Waals surface area contributed by atoms with Crippen molar-refractivity contribution >= 4 is 29.5 Å². The summed E-state index contributed by atoms with van der Waals surface area (Å²) in [6, 6.07) is 4.39. The van der Waals surface area contributed by atoms with Crippen LogP contribution in [0.1, 0.15) is 37.7 Å². The molecule has 1 aromatic rings. The van der Waals surface area contributed by atoms with Crippen molar-refractivity contribution in [1.29, 1.82) is 0 Å². The fourth-order valence-corrected chi connectivity index (χ4v) is 3.71. The van der Waals surface area contributed by atoms with E-state index in [-0.39, 0.29) is 19.1 Å². The van der Waals surface area contributed by atoms with E-state index in [1.807, 2.05) is 0 Å². The molecule has 3 rings (SSSR count). The first-order chi connectivity index (χ1) is 13.8. The van der Waals surface area contributed by atoms with E-state index in [1.54, 1.807) is 25.1 Å². The maximum atomic E-state index is 12.8. The Morgan fingerprint density at radius 3 is 2.59 bits per heavy atom. The lowest BCUT2D eigenvalue weighted by molar-refractivity contribution is -0.143. The zero-order chi connectivity index (χ0) is 21.0. The summed E-state index contributed by atoms with van der Waals surface area (Å²) in [6.07, 6.45) is 4.04. The van der Waals surface area contributed by atoms with Crippen LogP contribution in [0, 0.1) is 6.92 Å². The van der Waals surface area contributed by atoms with Crippen molar-refractivity contribution < 1.29 is 28.7 Å². The van der Waals surface area contributed by atoms with Gasteiger partial charge in [-0.3, -0.25) is 14.5 Å². The molecular formula is C20H25N3O6. The number of aryl methyl sites for hydroxylation is 1. The van der Waals surface area contributed by atoms with Gasteiger partial charge >= 0.3 is 12.0 Å². The Balaban J connectivity index is 1.60. The number of methoxy groups -OCH3 is 1. The van der Waals surface area contributed by atoms with Crippen molar-refractivity contribution in [1.82, 2.24) is 10.2 Å². The Kier molecular flexibility index (Phi) is 6.05. The molecule has 1 aliphatic carbocycles. The Bertz CT molecular complexity index is 832. The van der Waals surface area contributed by atoms with Crippen LogP contribution in [0.2, 0.25) is 0 Å². The molecule has 9 heteroatoms. The van der Waals surface area contributed by atoms with Crippen LogP contribution < -0.4 is 15.4 Å². The first kappa shape index (κ1) is 20.6. The number of esters is 1. The van der Waals surface area contributed by atoms with Crippen LogP contribution in [0.25, 0.3) is 0 Å². The van der Waals surface area contributed by atoms with E-state index in [4.69, 9.17) is 4.74 Å². The summed E-state index contributed by atoms with van der Waals surface area (Å²) in [5, 5.41) is 5.50. The van der Waals surface area contributed by atoms with Crippen molar-refractivity contribution in [2.45, 2.75) is 44.6 Å². The number of imide groups is 1. The number of hydrogen-bond acceptors (Lipinski definition) is 6. The molecule has 0 bridgehead atoms. The fraction of sp³-hybridized carbons (Fsp3) is 0.500. The molecule has 0 radical (unpaired) electrons. The molecule has 2 N–H and O–H groups in total. The predicted molar refractivity (Wildman–Crippen MR) is 103 cm³/mol. The number of nitrogens with one attached hydrogen (secondary N) is 2.